The van der Waals surface area contributed by atoms with Crippen LogP contribution in [0.3, 0.4) is 0 Å². The molecule has 3 atom stereocenters. The van der Waals surface area contributed by atoms with E-state index in [1.54, 1.807) is 31.2 Å². The minimum atomic E-state index is -0.892. The second kappa shape index (κ2) is 8.15. The Kier molecular flexibility index (Phi) is 6.85. The van der Waals surface area contributed by atoms with Crippen LogP contribution in [0.1, 0.15) is 50.4 Å². The number of aliphatic hydroxyl groups excluding tert-OH is 2. The summed E-state index contributed by atoms with van der Waals surface area (Å²) in [7, 11) is 0. The molecule has 0 aliphatic rings. The van der Waals surface area contributed by atoms with Crippen molar-refractivity contribution in [2.24, 2.45) is 5.41 Å². The van der Waals surface area contributed by atoms with E-state index in [0.717, 1.165) is 12.8 Å². The van der Waals surface area contributed by atoms with Crippen LogP contribution in [0.5, 0.6) is 0 Å². The van der Waals surface area contributed by atoms with Gasteiger partial charge in [0.25, 0.3) is 0 Å². The van der Waals surface area contributed by atoms with E-state index in [1.807, 2.05) is 13.0 Å². The monoisotopic (exact) mass is 294 g/mol. The molecule has 0 bridgehead atoms. The van der Waals surface area contributed by atoms with Crippen molar-refractivity contribution in [2.75, 3.05) is 6.61 Å². The number of hydrogen-bond acceptors (Lipinski definition) is 4. The molecule has 21 heavy (non-hydrogen) atoms. The number of aliphatic hydroxyl groups is 2. The third kappa shape index (κ3) is 4.83. The molecule has 0 saturated carbocycles. The molecule has 0 amide bonds. The first-order chi connectivity index (χ1) is 9.91. The van der Waals surface area contributed by atoms with Gasteiger partial charge in [0.2, 0.25) is 0 Å². The Morgan fingerprint density at radius 2 is 1.90 bits per heavy atom. The van der Waals surface area contributed by atoms with Gasteiger partial charge in [-0.25, -0.2) is 4.79 Å². The minimum absolute atomic E-state index is 0.112. The lowest BCUT2D eigenvalue weighted by atomic mass is 9.75. The highest BCUT2D eigenvalue weighted by Crippen LogP contribution is 2.33. The van der Waals surface area contributed by atoms with Gasteiger partial charge in [-0.3, -0.25) is 0 Å². The average molecular weight is 294 g/mol. The van der Waals surface area contributed by atoms with Crippen LogP contribution in [0, 0.1) is 5.41 Å². The zero-order valence-electron chi connectivity index (χ0n) is 13.1. The predicted octanol–water partition coefficient (Wildman–Crippen LogP) is 2.78. The first-order valence-electron chi connectivity index (χ1n) is 7.50. The minimum Gasteiger partial charge on any atom is -0.459 e. The first-order valence-corrected chi connectivity index (χ1v) is 7.50. The predicted molar refractivity (Wildman–Crippen MR) is 82.0 cm³/mol. The maximum absolute atomic E-state index is 11.9. The van der Waals surface area contributed by atoms with Crippen molar-refractivity contribution in [1.82, 2.24) is 0 Å². The van der Waals surface area contributed by atoms with E-state index in [0.29, 0.717) is 12.0 Å². The van der Waals surface area contributed by atoms with E-state index < -0.39 is 23.6 Å². The van der Waals surface area contributed by atoms with Crippen molar-refractivity contribution in [3.05, 3.63) is 35.9 Å². The maximum atomic E-state index is 11.9. The molecule has 0 aliphatic heterocycles. The Morgan fingerprint density at radius 1 is 1.29 bits per heavy atom. The molecule has 4 heteroatoms. The number of esters is 1. The molecule has 1 aromatic rings. The van der Waals surface area contributed by atoms with Crippen LogP contribution in [0.2, 0.25) is 0 Å². The quantitative estimate of drug-likeness (QED) is 0.724. The largest absolute Gasteiger partial charge is 0.459 e. The third-order valence-corrected chi connectivity index (χ3v) is 4.17. The van der Waals surface area contributed by atoms with Gasteiger partial charge in [-0.05, 0) is 25.5 Å². The van der Waals surface area contributed by atoms with Gasteiger partial charge < -0.3 is 14.9 Å². The topological polar surface area (TPSA) is 66.8 Å². The summed E-state index contributed by atoms with van der Waals surface area (Å²) in [6.45, 7) is 5.44. The molecule has 2 N–H and O–H groups in total. The highest BCUT2D eigenvalue weighted by molar-refractivity contribution is 5.89. The summed E-state index contributed by atoms with van der Waals surface area (Å²) in [6.07, 6.45) is 1.01. The molecule has 1 aromatic carbocycles. The van der Waals surface area contributed by atoms with E-state index >= 15 is 0 Å². The maximum Gasteiger partial charge on any atom is 0.338 e. The van der Waals surface area contributed by atoms with Gasteiger partial charge >= 0.3 is 5.97 Å². The fourth-order valence-electron chi connectivity index (χ4n) is 2.21. The number of ether oxygens (including phenoxy) is 1. The van der Waals surface area contributed by atoms with Crippen molar-refractivity contribution in [3.8, 4) is 0 Å². The summed E-state index contributed by atoms with van der Waals surface area (Å²) >= 11 is 0. The molecule has 0 spiro atoms. The average Bonchev–Trinajstić information content (AvgIpc) is 2.50. The summed E-state index contributed by atoms with van der Waals surface area (Å²) < 4.78 is 5.17. The zero-order chi connectivity index (χ0) is 15.9. The summed E-state index contributed by atoms with van der Waals surface area (Å²) in [5.74, 6) is -0.460. The van der Waals surface area contributed by atoms with Gasteiger partial charge in [0.15, 0.2) is 0 Å². The molecule has 0 aromatic heterocycles. The van der Waals surface area contributed by atoms with E-state index in [-0.39, 0.29) is 6.61 Å². The van der Waals surface area contributed by atoms with Crippen molar-refractivity contribution in [1.29, 1.82) is 0 Å². The van der Waals surface area contributed by atoms with Crippen molar-refractivity contribution in [3.63, 3.8) is 0 Å². The number of carbonyl (C=O) groups is 1. The van der Waals surface area contributed by atoms with Crippen LogP contribution in [-0.2, 0) is 4.74 Å². The van der Waals surface area contributed by atoms with Gasteiger partial charge in [-0.1, -0.05) is 44.9 Å². The van der Waals surface area contributed by atoms with Crippen LogP contribution in [0.25, 0.3) is 0 Å². The molecular weight excluding hydrogens is 268 g/mol. The highest BCUT2D eigenvalue weighted by Gasteiger charge is 2.37. The summed E-state index contributed by atoms with van der Waals surface area (Å²) in [5, 5.41) is 20.3. The molecule has 0 fully saturated rings. The standard InChI is InChI=1S/C17H26O4/c1-4-5-11-17(3,13(2)18)15(19)12-21-16(20)14-9-7-6-8-10-14/h6-10,13,15,18-19H,4-5,11-12H2,1-3H3. The highest BCUT2D eigenvalue weighted by atomic mass is 16.5. The fourth-order valence-corrected chi connectivity index (χ4v) is 2.21. The fraction of sp³-hybridized carbons (Fsp3) is 0.588. The molecular formula is C17H26O4. The Morgan fingerprint density at radius 3 is 2.43 bits per heavy atom. The molecule has 0 radical (unpaired) electrons. The van der Waals surface area contributed by atoms with Crippen molar-refractivity contribution in [2.45, 2.75) is 52.2 Å². The normalized spacial score (nSPS) is 16.8. The van der Waals surface area contributed by atoms with E-state index in [4.69, 9.17) is 4.74 Å². The number of hydrogen-bond donors (Lipinski definition) is 2. The smallest absolute Gasteiger partial charge is 0.338 e. The number of carbonyl (C=O) groups excluding carboxylic acids is 1. The van der Waals surface area contributed by atoms with Crippen molar-refractivity contribution < 1.29 is 19.7 Å². The van der Waals surface area contributed by atoms with Gasteiger partial charge in [-0.15, -0.1) is 0 Å². The molecule has 0 heterocycles. The van der Waals surface area contributed by atoms with Crippen LogP contribution in [0.15, 0.2) is 30.3 Å². The Balaban J connectivity index is 2.61. The van der Waals surface area contributed by atoms with Crippen LogP contribution in [-0.4, -0.2) is 35.0 Å². The van der Waals surface area contributed by atoms with Crippen LogP contribution >= 0.6 is 0 Å². The van der Waals surface area contributed by atoms with Gasteiger partial charge in [0, 0.05) is 5.41 Å². The Hall–Kier alpha value is -1.39. The van der Waals surface area contributed by atoms with Gasteiger partial charge in [-0.2, -0.15) is 0 Å². The molecule has 0 saturated heterocycles. The number of rotatable bonds is 8. The number of unbranched alkanes of at least 4 members (excludes halogenated alkanes) is 1. The van der Waals surface area contributed by atoms with Gasteiger partial charge in [0.1, 0.15) is 6.61 Å². The summed E-state index contributed by atoms with van der Waals surface area (Å²) in [5.41, 5.74) is -0.218. The third-order valence-electron chi connectivity index (χ3n) is 4.17. The first kappa shape index (κ1) is 17.7. The number of benzene rings is 1. The van der Waals surface area contributed by atoms with Gasteiger partial charge in [0.05, 0.1) is 17.8 Å². The Bertz CT molecular complexity index is 430. The SMILES string of the molecule is CCCCC(C)(C(C)O)C(O)COC(=O)c1ccccc1. The second-order valence-corrected chi connectivity index (χ2v) is 5.77. The molecule has 4 nitrogen and oxygen atoms in total. The van der Waals surface area contributed by atoms with Crippen LogP contribution < -0.4 is 0 Å². The van der Waals surface area contributed by atoms with Crippen molar-refractivity contribution >= 4 is 5.97 Å². The lowest BCUT2D eigenvalue weighted by molar-refractivity contribution is -0.0821. The molecule has 3 unspecified atom stereocenters. The van der Waals surface area contributed by atoms with E-state index in [9.17, 15) is 15.0 Å². The zero-order valence-corrected chi connectivity index (χ0v) is 13.1. The van der Waals surface area contributed by atoms with E-state index in [2.05, 4.69) is 6.92 Å². The molecule has 1 rings (SSSR count). The van der Waals surface area contributed by atoms with E-state index in [1.165, 1.54) is 0 Å². The molecule has 118 valence electrons. The second-order valence-electron chi connectivity index (χ2n) is 5.77. The lowest BCUT2D eigenvalue weighted by Gasteiger charge is -2.37. The summed E-state index contributed by atoms with van der Waals surface area (Å²) in [4.78, 5) is 11.9. The molecule has 0 aliphatic carbocycles. The summed E-state index contributed by atoms with van der Waals surface area (Å²) in [6, 6.07) is 8.67. The van der Waals surface area contributed by atoms with Crippen LogP contribution in [0.4, 0.5) is 0 Å². The lowest BCUT2D eigenvalue weighted by Crippen LogP contribution is -2.44. The Labute approximate surface area is 126 Å².